The predicted octanol–water partition coefficient (Wildman–Crippen LogP) is 4.05. The maximum Gasteiger partial charge on any atom is 0.00858 e. The zero-order chi connectivity index (χ0) is 6.43. The van der Waals surface area contributed by atoms with Crippen LogP contribution in [0, 0.1) is 11.8 Å². The predicted molar refractivity (Wildman–Crippen MR) is 52.4 cm³/mol. The molecular formula is C8H12Br2. The number of halogens is 2. The van der Waals surface area contributed by atoms with Crippen molar-refractivity contribution in [1.82, 2.24) is 0 Å². The van der Waals surface area contributed by atoms with Gasteiger partial charge in [0.1, 0.15) is 0 Å². The summed E-state index contributed by atoms with van der Waals surface area (Å²) < 4.78 is 2.89. The molecular weight excluding hydrogens is 256 g/mol. The molecule has 2 unspecified atom stereocenters. The summed E-state index contributed by atoms with van der Waals surface area (Å²) in [5, 5.41) is 0. The van der Waals surface area contributed by atoms with Crippen molar-refractivity contribution in [2.45, 2.75) is 26.7 Å². The molecule has 0 N–H and O–H groups in total. The number of hydrogen-bond donors (Lipinski definition) is 0. The summed E-state index contributed by atoms with van der Waals surface area (Å²) in [6.07, 6.45) is 4.20. The average Bonchev–Trinajstić information content (AvgIpc) is 2.37. The molecule has 0 spiro atoms. The third-order valence-corrected chi connectivity index (χ3v) is 5.06. The van der Waals surface area contributed by atoms with Gasteiger partial charge in [-0.1, -0.05) is 39.3 Å². The lowest BCUT2D eigenvalue weighted by Crippen LogP contribution is -1.92. The molecule has 58 valence electrons. The Morgan fingerprint density at radius 3 is 1.60 bits per heavy atom. The second-order valence-electron chi connectivity index (χ2n) is 2.90. The van der Waals surface area contributed by atoms with Crippen LogP contribution in [0.3, 0.4) is 0 Å². The van der Waals surface area contributed by atoms with E-state index in [0.717, 1.165) is 11.8 Å². The quantitative estimate of drug-likeness (QED) is 0.621. The number of hydrogen-bond acceptors (Lipinski definition) is 0. The first-order chi connectivity index (χ1) is 4.29. The van der Waals surface area contributed by atoms with Gasteiger partial charge >= 0.3 is 0 Å². The fourth-order valence-corrected chi connectivity index (χ4v) is 3.31. The van der Waals surface area contributed by atoms with E-state index in [-0.39, 0.29) is 7.43 Å². The molecule has 0 aromatic heterocycles. The van der Waals surface area contributed by atoms with Crippen molar-refractivity contribution in [2.24, 2.45) is 11.8 Å². The third kappa shape index (κ3) is 1.10. The van der Waals surface area contributed by atoms with Gasteiger partial charge in [-0.3, -0.25) is 0 Å². The van der Waals surface area contributed by atoms with E-state index in [1.54, 1.807) is 0 Å². The maximum atomic E-state index is 3.59. The second-order valence-corrected chi connectivity index (χ2v) is 4.61. The van der Waals surface area contributed by atoms with Gasteiger partial charge in [0.25, 0.3) is 0 Å². The molecule has 2 rings (SSSR count). The first-order valence-electron chi connectivity index (χ1n) is 3.34. The van der Waals surface area contributed by atoms with Gasteiger partial charge in [0, 0.05) is 8.96 Å². The highest BCUT2D eigenvalue weighted by molar-refractivity contribution is 9.14. The Morgan fingerprint density at radius 1 is 1.00 bits per heavy atom. The van der Waals surface area contributed by atoms with Crippen molar-refractivity contribution in [3.05, 3.63) is 8.96 Å². The number of allylic oxidation sites excluding steroid dienone is 2. The smallest absolute Gasteiger partial charge is 0.00858 e. The van der Waals surface area contributed by atoms with Crippen LogP contribution in [0.15, 0.2) is 8.96 Å². The van der Waals surface area contributed by atoms with Gasteiger partial charge in [-0.15, -0.1) is 0 Å². The highest BCUT2D eigenvalue weighted by atomic mass is 79.9. The van der Waals surface area contributed by atoms with Crippen molar-refractivity contribution >= 4 is 31.9 Å². The SMILES string of the molecule is BrC1=C(Br)C2CCC1C2.C. The molecule has 0 radical (unpaired) electrons. The van der Waals surface area contributed by atoms with Crippen LogP contribution >= 0.6 is 31.9 Å². The molecule has 1 saturated carbocycles. The van der Waals surface area contributed by atoms with Gasteiger partial charge in [-0.05, 0) is 31.1 Å². The largest absolute Gasteiger partial charge is 0.0776 e. The van der Waals surface area contributed by atoms with Crippen LogP contribution in [0.2, 0.25) is 0 Å². The minimum absolute atomic E-state index is 0. The van der Waals surface area contributed by atoms with E-state index in [9.17, 15) is 0 Å². The lowest BCUT2D eigenvalue weighted by atomic mass is 10.1. The Bertz CT molecular complexity index is 154. The topological polar surface area (TPSA) is 0 Å². The van der Waals surface area contributed by atoms with Crippen molar-refractivity contribution in [2.75, 3.05) is 0 Å². The van der Waals surface area contributed by atoms with Crippen molar-refractivity contribution in [3.63, 3.8) is 0 Å². The number of fused-ring (bicyclic) bond motifs is 2. The van der Waals surface area contributed by atoms with E-state index in [4.69, 9.17) is 0 Å². The van der Waals surface area contributed by atoms with Gasteiger partial charge in [-0.2, -0.15) is 0 Å². The van der Waals surface area contributed by atoms with E-state index in [1.165, 1.54) is 28.2 Å². The van der Waals surface area contributed by atoms with Crippen LogP contribution in [0.1, 0.15) is 26.7 Å². The van der Waals surface area contributed by atoms with Crippen LogP contribution < -0.4 is 0 Å². The second kappa shape index (κ2) is 2.98. The first kappa shape index (κ1) is 8.79. The van der Waals surface area contributed by atoms with Gasteiger partial charge in [0.05, 0.1) is 0 Å². The number of rotatable bonds is 0. The van der Waals surface area contributed by atoms with Crippen molar-refractivity contribution in [1.29, 1.82) is 0 Å². The summed E-state index contributed by atoms with van der Waals surface area (Å²) >= 11 is 7.19. The lowest BCUT2D eigenvalue weighted by Gasteiger charge is -2.08. The highest BCUT2D eigenvalue weighted by Gasteiger charge is 2.36. The first-order valence-corrected chi connectivity index (χ1v) is 4.92. The van der Waals surface area contributed by atoms with Crippen LogP contribution in [0.25, 0.3) is 0 Å². The van der Waals surface area contributed by atoms with Gasteiger partial charge in [0.15, 0.2) is 0 Å². The molecule has 0 aliphatic heterocycles. The van der Waals surface area contributed by atoms with Crippen LogP contribution in [-0.2, 0) is 0 Å². The zero-order valence-corrected chi connectivity index (χ0v) is 8.20. The van der Waals surface area contributed by atoms with E-state index in [0.29, 0.717) is 0 Å². The summed E-state index contributed by atoms with van der Waals surface area (Å²) in [6.45, 7) is 0. The monoisotopic (exact) mass is 266 g/mol. The average molecular weight is 268 g/mol. The molecule has 2 aliphatic carbocycles. The van der Waals surface area contributed by atoms with Crippen LogP contribution in [0.4, 0.5) is 0 Å². The Kier molecular flexibility index (Phi) is 2.62. The summed E-state index contributed by atoms with van der Waals surface area (Å²) in [4.78, 5) is 0. The van der Waals surface area contributed by atoms with Gasteiger partial charge in [0.2, 0.25) is 0 Å². The van der Waals surface area contributed by atoms with Gasteiger partial charge in [-0.25, -0.2) is 0 Å². The molecule has 0 aromatic rings. The van der Waals surface area contributed by atoms with E-state index >= 15 is 0 Å². The molecule has 1 fully saturated rings. The van der Waals surface area contributed by atoms with E-state index < -0.39 is 0 Å². The van der Waals surface area contributed by atoms with E-state index in [1.807, 2.05) is 0 Å². The molecule has 2 atom stereocenters. The molecule has 2 bridgehead atoms. The van der Waals surface area contributed by atoms with Crippen LogP contribution in [0.5, 0.6) is 0 Å². The maximum absolute atomic E-state index is 3.59. The normalized spacial score (nSPS) is 36.6. The molecule has 0 heterocycles. The molecule has 0 amide bonds. The minimum atomic E-state index is 0. The summed E-state index contributed by atoms with van der Waals surface area (Å²) in [5.74, 6) is 1.73. The van der Waals surface area contributed by atoms with Gasteiger partial charge < -0.3 is 0 Å². The van der Waals surface area contributed by atoms with E-state index in [2.05, 4.69) is 31.9 Å². The van der Waals surface area contributed by atoms with Crippen molar-refractivity contribution in [3.8, 4) is 0 Å². The lowest BCUT2D eigenvalue weighted by molar-refractivity contribution is 0.686. The highest BCUT2D eigenvalue weighted by Crippen LogP contribution is 2.52. The standard InChI is InChI=1S/C7H8Br2.CH4/c8-6-4-1-2-5(3-4)7(6)9;/h4-5H,1-3H2;1H4. The molecule has 2 aliphatic rings. The zero-order valence-electron chi connectivity index (χ0n) is 5.03. The fourth-order valence-electron chi connectivity index (χ4n) is 1.83. The molecule has 0 aromatic carbocycles. The molecule has 2 heteroatoms. The minimum Gasteiger partial charge on any atom is -0.0776 e. The summed E-state index contributed by atoms with van der Waals surface area (Å²) in [7, 11) is 0. The Balaban J connectivity index is 0.000000500. The summed E-state index contributed by atoms with van der Waals surface area (Å²) in [6, 6.07) is 0. The summed E-state index contributed by atoms with van der Waals surface area (Å²) in [5.41, 5.74) is 0. The molecule has 0 saturated heterocycles. The molecule has 0 nitrogen and oxygen atoms in total. The molecule has 10 heavy (non-hydrogen) atoms. The van der Waals surface area contributed by atoms with Crippen molar-refractivity contribution < 1.29 is 0 Å². The van der Waals surface area contributed by atoms with Crippen LogP contribution in [-0.4, -0.2) is 0 Å². The Morgan fingerprint density at radius 2 is 1.40 bits per heavy atom. The third-order valence-electron chi connectivity index (χ3n) is 2.38. The Labute approximate surface area is 79.3 Å². The Hall–Kier alpha value is 0.700. The fraction of sp³-hybridized carbons (Fsp3) is 0.750.